The first kappa shape index (κ1) is 21.1. The molecule has 1 aliphatic heterocycles. The van der Waals surface area contributed by atoms with Gasteiger partial charge in [-0.1, -0.05) is 0 Å². The fraction of sp³-hybridized carbons (Fsp3) is 0.421. The number of hydrogen-bond acceptors (Lipinski definition) is 7. The molecule has 0 saturated carbocycles. The van der Waals surface area contributed by atoms with Crippen molar-refractivity contribution >= 4 is 12.0 Å². The summed E-state index contributed by atoms with van der Waals surface area (Å²) < 4.78 is 10.6. The van der Waals surface area contributed by atoms with E-state index in [4.69, 9.17) is 20.9 Å². The Balaban J connectivity index is 2.21. The molecule has 0 aromatic carbocycles. The Kier molecular flexibility index (Phi) is 6.50. The quantitative estimate of drug-likeness (QED) is 0.649. The van der Waals surface area contributed by atoms with Crippen molar-refractivity contribution < 1.29 is 19.1 Å². The molecular formula is C19H27N5O4. The first-order chi connectivity index (χ1) is 13.2. The third-order valence-corrected chi connectivity index (χ3v) is 4.06. The van der Waals surface area contributed by atoms with Gasteiger partial charge < -0.3 is 31.2 Å². The van der Waals surface area contributed by atoms with Gasteiger partial charge in [0.1, 0.15) is 11.2 Å². The minimum absolute atomic E-state index is 0.0412. The zero-order valence-electron chi connectivity index (χ0n) is 16.6. The van der Waals surface area contributed by atoms with Crippen LogP contribution in [0.4, 0.5) is 4.79 Å². The van der Waals surface area contributed by atoms with Crippen LogP contribution < -0.4 is 21.5 Å². The van der Waals surface area contributed by atoms with E-state index in [1.165, 1.54) is 25.6 Å². The van der Waals surface area contributed by atoms with Crippen LogP contribution in [-0.4, -0.2) is 47.7 Å². The number of carbonyl (C=O) groups is 2. The molecule has 0 bridgehead atoms. The topological polar surface area (TPSA) is 133 Å². The van der Waals surface area contributed by atoms with Gasteiger partial charge in [0.15, 0.2) is 0 Å². The highest BCUT2D eigenvalue weighted by Crippen LogP contribution is 2.33. The fourth-order valence-electron chi connectivity index (χ4n) is 2.77. The number of amides is 2. The summed E-state index contributed by atoms with van der Waals surface area (Å²) in [4.78, 5) is 30.7. The number of nitrogens with zero attached hydrogens (tertiary/aromatic N) is 2. The summed E-state index contributed by atoms with van der Waals surface area (Å²) in [5.74, 6) is -0.273. The highest BCUT2D eigenvalue weighted by molar-refractivity contribution is 5.99. The van der Waals surface area contributed by atoms with E-state index in [1.54, 1.807) is 17.2 Å². The number of hydrogen-bond donors (Lipinski definition) is 3. The maximum absolute atomic E-state index is 12.8. The second-order valence-electron chi connectivity index (χ2n) is 7.30. The molecule has 9 heteroatoms. The summed E-state index contributed by atoms with van der Waals surface area (Å²) in [5, 5.41) is 2.67. The van der Waals surface area contributed by atoms with Crippen molar-refractivity contribution in [2.45, 2.75) is 32.3 Å². The Labute approximate surface area is 164 Å². The van der Waals surface area contributed by atoms with E-state index in [2.05, 4.69) is 10.3 Å². The van der Waals surface area contributed by atoms with Crippen LogP contribution in [0, 0.1) is 0 Å². The van der Waals surface area contributed by atoms with Gasteiger partial charge in [-0.05, 0) is 44.7 Å². The highest BCUT2D eigenvalue weighted by atomic mass is 16.6. The number of nitrogens with two attached hydrogens (primary N) is 2. The van der Waals surface area contributed by atoms with Crippen molar-refractivity contribution in [2.75, 3.05) is 20.2 Å². The molecule has 1 aromatic rings. The van der Waals surface area contributed by atoms with Crippen LogP contribution >= 0.6 is 0 Å². The average Bonchev–Trinajstić information content (AvgIpc) is 2.58. The van der Waals surface area contributed by atoms with E-state index in [-0.39, 0.29) is 17.9 Å². The molecule has 2 heterocycles. The Bertz CT molecular complexity index is 792. The van der Waals surface area contributed by atoms with Crippen molar-refractivity contribution in [1.29, 1.82) is 0 Å². The molecule has 5 N–H and O–H groups in total. The predicted octanol–water partition coefficient (Wildman–Crippen LogP) is 1.43. The summed E-state index contributed by atoms with van der Waals surface area (Å²) in [6.45, 7) is 6.32. The number of likely N-dealkylation sites (tertiary alicyclic amines) is 1. The van der Waals surface area contributed by atoms with Crippen LogP contribution in [0.2, 0.25) is 0 Å². The van der Waals surface area contributed by atoms with Gasteiger partial charge in [-0.3, -0.25) is 4.79 Å². The van der Waals surface area contributed by atoms with Crippen LogP contribution in [0.3, 0.4) is 0 Å². The maximum atomic E-state index is 12.8. The lowest BCUT2D eigenvalue weighted by Gasteiger charge is -2.40. The molecule has 0 spiro atoms. The Hall–Kier alpha value is -3.23. The van der Waals surface area contributed by atoms with E-state index in [9.17, 15) is 9.59 Å². The summed E-state index contributed by atoms with van der Waals surface area (Å²) in [6.07, 6.45) is 5.16. The molecule has 2 amide bonds. The molecule has 2 rings (SSSR count). The molecule has 0 atom stereocenters. The van der Waals surface area contributed by atoms with E-state index in [1.807, 2.05) is 20.8 Å². The predicted molar refractivity (Wildman–Crippen MR) is 104 cm³/mol. The van der Waals surface area contributed by atoms with Gasteiger partial charge in [0.05, 0.1) is 12.8 Å². The monoisotopic (exact) mass is 389 g/mol. The van der Waals surface area contributed by atoms with E-state index < -0.39 is 11.5 Å². The number of methoxy groups -OCH3 is 1. The van der Waals surface area contributed by atoms with Gasteiger partial charge in [-0.25, -0.2) is 9.78 Å². The minimum Gasteiger partial charge on any atom is -0.480 e. The molecule has 1 saturated heterocycles. The van der Waals surface area contributed by atoms with Gasteiger partial charge >= 0.3 is 6.09 Å². The van der Waals surface area contributed by atoms with Gasteiger partial charge in [0, 0.05) is 31.4 Å². The second-order valence-corrected chi connectivity index (χ2v) is 7.30. The third kappa shape index (κ3) is 4.93. The van der Waals surface area contributed by atoms with Crippen molar-refractivity contribution in [1.82, 2.24) is 15.2 Å². The maximum Gasteiger partial charge on any atom is 0.410 e. The molecule has 0 unspecified atom stereocenters. The number of ether oxygens (including phenoxy) is 2. The molecule has 1 aromatic heterocycles. The van der Waals surface area contributed by atoms with E-state index in [0.717, 1.165) is 5.56 Å². The smallest absolute Gasteiger partial charge is 0.410 e. The molecule has 1 fully saturated rings. The number of carbonyl (C=O) groups excluding carboxylic acids is 2. The Morgan fingerprint density at radius 2 is 2.00 bits per heavy atom. The first-order valence-corrected chi connectivity index (χ1v) is 8.82. The number of aromatic nitrogens is 1. The molecule has 0 aliphatic carbocycles. The zero-order valence-corrected chi connectivity index (χ0v) is 16.6. The molecule has 28 heavy (non-hydrogen) atoms. The van der Waals surface area contributed by atoms with Gasteiger partial charge in [-0.2, -0.15) is 0 Å². The lowest BCUT2D eigenvalue weighted by molar-refractivity contribution is 0.00815. The highest BCUT2D eigenvalue weighted by Gasteiger charge is 2.37. The lowest BCUT2D eigenvalue weighted by Crippen LogP contribution is -2.50. The summed E-state index contributed by atoms with van der Waals surface area (Å²) in [6, 6.07) is 1.75. The Morgan fingerprint density at radius 1 is 1.32 bits per heavy atom. The van der Waals surface area contributed by atoms with Crippen LogP contribution in [-0.2, 0) is 4.74 Å². The number of allylic oxidation sites excluding steroid dienone is 1. The van der Waals surface area contributed by atoms with Crippen LogP contribution in [0.15, 0.2) is 36.4 Å². The largest absolute Gasteiger partial charge is 0.480 e. The first-order valence-electron chi connectivity index (χ1n) is 8.82. The summed E-state index contributed by atoms with van der Waals surface area (Å²) in [5.41, 5.74) is 11.7. The van der Waals surface area contributed by atoms with Gasteiger partial charge in [0.25, 0.3) is 5.91 Å². The fourth-order valence-corrected chi connectivity index (χ4v) is 2.77. The molecule has 0 radical (unpaired) electrons. The van der Waals surface area contributed by atoms with Crippen molar-refractivity contribution in [2.24, 2.45) is 11.5 Å². The van der Waals surface area contributed by atoms with E-state index in [0.29, 0.717) is 24.4 Å². The molecule has 152 valence electrons. The number of nitrogens with one attached hydrogen (secondary N) is 1. The molecule has 9 nitrogen and oxygen atoms in total. The van der Waals surface area contributed by atoms with Crippen LogP contribution in [0.1, 0.15) is 42.6 Å². The standard InChI is InChI=1S/C19H27N5O4/c1-19(2,3)28-18(26)24-10-12(11-24)14-6-8-22-17(27-4)15(14)16(25)23-13(9-21)5-7-20/h5-9,12H,10-11,20-21H2,1-4H3,(H,23,25)/b7-5-,13-9+. The summed E-state index contributed by atoms with van der Waals surface area (Å²) in [7, 11) is 1.44. The molecular weight excluding hydrogens is 362 g/mol. The van der Waals surface area contributed by atoms with Crippen molar-refractivity contribution in [3.05, 3.63) is 47.6 Å². The third-order valence-electron chi connectivity index (χ3n) is 4.06. The SMILES string of the molecule is COc1nccc(C2CN(C(=O)OC(C)(C)C)C2)c1C(=O)NC(/C=C\N)=C/N. The van der Waals surface area contributed by atoms with Crippen LogP contribution in [0.25, 0.3) is 0 Å². The lowest BCUT2D eigenvalue weighted by atomic mass is 9.88. The number of pyridine rings is 1. The second kappa shape index (κ2) is 8.64. The van der Waals surface area contributed by atoms with E-state index >= 15 is 0 Å². The van der Waals surface area contributed by atoms with Crippen molar-refractivity contribution in [3.63, 3.8) is 0 Å². The number of rotatable bonds is 5. The van der Waals surface area contributed by atoms with Crippen molar-refractivity contribution in [3.8, 4) is 5.88 Å². The minimum atomic E-state index is -0.561. The summed E-state index contributed by atoms with van der Waals surface area (Å²) >= 11 is 0. The van der Waals surface area contributed by atoms with Gasteiger partial charge in [0.2, 0.25) is 5.88 Å². The zero-order chi connectivity index (χ0) is 20.9. The normalized spacial score (nSPS) is 15.3. The van der Waals surface area contributed by atoms with Crippen LogP contribution in [0.5, 0.6) is 5.88 Å². The molecule has 1 aliphatic rings. The van der Waals surface area contributed by atoms with Gasteiger partial charge in [-0.15, -0.1) is 0 Å². The Morgan fingerprint density at radius 3 is 2.54 bits per heavy atom. The average molecular weight is 389 g/mol.